The number of hydrogen-bond donors (Lipinski definition) is 2. The van der Waals surface area contributed by atoms with Crippen LogP contribution in [0.2, 0.25) is 0 Å². The molecule has 748 valence electrons. The van der Waals surface area contributed by atoms with Crippen molar-refractivity contribution >= 4 is 34.1 Å². The summed E-state index contributed by atoms with van der Waals surface area (Å²) in [5, 5.41) is 56.7. The van der Waals surface area contributed by atoms with Crippen LogP contribution in [0.25, 0.3) is 44.5 Å². The molecule has 11 rings (SSSR count). The topological polar surface area (TPSA) is 204 Å². The number of ether oxygens (including phenoxy) is 12. The van der Waals surface area contributed by atoms with Gasteiger partial charge in [0.1, 0.15) is 80.5 Å². The molecule has 0 amide bonds. The maximum atomic E-state index is 15.5. The van der Waals surface area contributed by atoms with Crippen LogP contribution in [0.1, 0.15) is 259 Å². The third-order valence-electron chi connectivity index (χ3n) is 29.7. The first-order valence-electron chi connectivity index (χ1n) is 51.7. The first kappa shape index (κ1) is 107. The summed E-state index contributed by atoms with van der Waals surface area (Å²) in [4.78, 5) is 4.26. The molecule has 10 aromatic rings. The number of nitrogens with zero attached hydrogens (tertiary/aromatic N) is 2. The van der Waals surface area contributed by atoms with Crippen molar-refractivity contribution in [3.05, 3.63) is 191 Å². The van der Waals surface area contributed by atoms with Crippen LogP contribution in [0.4, 0.5) is 34.1 Å². The van der Waals surface area contributed by atoms with E-state index in [2.05, 4.69) is 221 Å². The van der Waals surface area contributed by atoms with E-state index < -0.39 is 24.0 Å². The largest absolute Gasteiger partial charge is 0.851 e. The van der Waals surface area contributed by atoms with Crippen molar-refractivity contribution < 1.29 is 77.3 Å². The maximum absolute atomic E-state index is 15.5. The molecule has 0 aromatic heterocycles. The monoisotopic (exact) mass is 1890 g/mol. The summed E-state index contributed by atoms with van der Waals surface area (Å²) in [5.74, 6) is 7.66. The lowest BCUT2D eigenvalue weighted by atomic mass is 9.63. The molecule has 1 aliphatic carbocycles. The van der Waals surface area contributed by atoms with E-state index >= 15 is 10.2 Å². The molecule has 1 saturated carbocycles. The minimum absolute atomic E-state index is 0.205. The van der Waals surface area contributed by atoms with Crippen LogP contribution in [0.15, 0.2) is 158 Å². The fourth-order valence-electron chi connectivity index (χ4n) is 19.0. The minimum atomic E-state index is -1.56. The Morgan fingerprint density at radius 3 is 0.565 bits per heavy atom. The van der Waals surface area contributed by atoms with Crippen molar-refractivity contribution in [2.45, 2.75) is 265 Å². The molecule has 0 saturated heterocycles. The van der Waals surface area contributed by atoms with Crippen LogP contribution in [0.3, 0.4) is 0 Å². The van der Waals surface area contributed by atoms with Crippen molar-refractivity contribution in [3.8, 4) is 125 Å². The predicted octanol–water partition coefficient (Wildman–Crippen LogP) is 29.8. The molecule has 0 aliphatic heterocycles. The Hall–Kier alpha value is -11.1. The van der Waals surface area contributed by atoms with E-state index in [-0.39, 0.29) is 22.6 Å². The molecule has 0 heterocycles. The molecule has 10 aromatic carbocycles. The van der Waals surface area contributed by atoms with Gasteiger partial charge in [-0.3, -0.25) is 0 Å². The first-order chi connectivity index (χ1) is 66.8. The molecule has 0 spiro atoms. The summed E-state index contributed by atoms with van der Waals surface area (Å²) in [6.07, 6.45) is 12.3. The fourth-order valence-corrected chi connectivity index (χ4v) is 19.0. The summed E-state index contributed by atoms with van der Waals surface area (Å²) < 4.78 is 78.8. The van der Waals surface area contributed by atoms with Crippen LogP contribution in [0.5, 0.6) is 80.5 Å². The van der Waals surface area contributed by atoms with E-state index in [0.29, 0.717) is 181 Å². The van der Waals surface area contributed by atoms with Gasteiger partial charge in [-0.2, -0.15) is 0 Å². The average Bonchev–Trinajstić information content (AvgIpc) is 0.729. The Morgan fingerprint density at radius 1 is 0.246 bits per heavy atom. The van der Waals surface area contributed by atoms with Crippen molar-refractivity contribution in [2.24, 2.45) is 47.3 Å². The number of rotatable bonds is 56. The molecule has 0 unspecified atom stereocenters. The molecule has 0 radical (unpaired) electrons. The zero-order valence-corrected chi connectivity index (χ0v) is 87.4. The predicted molar refractivity (Wildman–Crippen MR) is 562 cm³/mol. The molecule has 18 nitrogen and oxygen atoms in total. The van der Waals surface area contributed by atoms with Crippen LogP contribution >= 0.6 is 0 Å². The third kappa shape index (κ3) is 25.4. The number of phenols is 2. The van der Waals surface area contributed by atoms with E-state index in [0.717, 1.165) is 192 Å². The smallest absolute Gasteiger partial charge is 0.134 e. The number of hydrogen-bond acceptors (Lipinski definition) is 18. The zero-order chi connectivity index (χ0) is 99.6. The van der Waals surface area contributed by atoms with Gasteiger partial charge in [0, 0.05) is 94.8 Å². The average molecular weight is 1890 g/mol. The normalized spacial score (nSPS) is 14.3. The lowest BCUT2D eigenvalue weighted by molar-refractivity contribution is -0.536. The summed E-state index contributed by atoms with van der Waals surface area (Å²) in [6.45, 7) is 47.6. The number of anilines is 6. The van der Waals surface area contributed by atoms with Gasteiger partial charge in [0.25, 0.3) is 0 Å². The second kappa shape index (κ2) is 51.7. The summed E-state index contributed by atoms with van der Waals surface area (Å²) in [6, 6.07) is 51.7. The molecular formula is C120H160N2O16-2. The van der Waals surface area contributed by atoms with Crippen molar-refractivity contribution in [3.63, 3.8) is 0 Å². The highest BCUT2D eigenvalue weighted by molar-refractivity contribution is 5.90. The molecule has 2 N–H and O–H groups in total. The van der Waals surface area contributed by atoms with Crippen molar-refractivity contribution in [1.29, 1.82) is 0 Å². The highest BCUT2D eigenvalue weighted by Crippen LogP contribution is 2.56. The zero-order valence-electron chi connectivity index (χ0n) is 87.4. The molecule has 0 atom stereocenters. The van der Waals surface area contributed by atoms with Gasteiger partial charge in [-0.15, -0.1) is 12.2 Å². The quantitative estimate of drug-likeness (QED) is 0.0364. The van der Waals surface area contributed by atoms with E-state index in [1.165, 1.54) is 0 Å². The lowest BCUT2D eigenvalue weighted by Crippen LogP contribution is -2.63. The summed E-state index contributed by atoms with van der Waals surface area (Å²) in [7, 11) is 6.67. The Balaban J connectivity index is 1.03. The first-order valence-corrected chi connectivity index (χ1v) is 51.7. The van der Waals surface area contributed by atoms with Crippen molar-refractivity contribution in [2.75, 3.05) is 91.1 Å². The van der Waals surface area contributed by atoms with E-state index in [4.69, 9.17) is 56.8 Å². The van der Waals surface area contributed by atoms with Gasteiger partial charge in [-0.05, 0) is 203 Å². The Bertz CT molecular complexity index is 4770. The van der Waals surface area contributed by atoms with Crippen LogP contribution in [0, 0.1) is 75.0 Å². The number of aromatic hydroxyl groups is 2. The standard InChI is InChI=1S/C120H160N2O16/c1-25-79(26-2)67-131-105-59-93(127-21)60-106(132-68-80(27-3)28-4)113(105)87-41-49-99(75(17)53-87)121(100-50-42-88(54-76(100)18)114-107(133-69-81(29-5)30-6)61-94(128-22)62-108(114)134-70-82(31-7)32-8)91-45-47-97(103(123)57-91)117-119(125)118(120(117)126)98-48-46-92(58-104(98)124)122(101-51-43-89(55-77(101)19)115-109(135-71-83(33-9)34-10)63-95(129-23)64-110(115)136-72-84(35-11)36-12)102-52-44-90(56-78(102)20)116-111(137-73-85(37-13)38-14)65-96(130-24)66-112(116)138-74-86(39-15)40-16/h41-66,79-86,117-120,123-124H,25-40,67-74H2,1-24H3/q-2. The number of methoxy groups -OCH3 is 4. The SMILES string of the molecule is CCC(CC)COc1cc(OC)cc(OCC(CC)CC)c1-c1ccc(N(c2ccc(C3C([O-])C(c4ccc(N(c5ccc(-c6c(OCC(CC)CC)cc(OC)cc6OCC(CC)CC)cc5C)c5ccc(-c6c(OCC(CC)CC)cc(OC)cc6OCC(CC)CC)cc5C)cc4O)C3[O-])c(O)c2)c2ccc(-c3c(OCC(CC)CC)cc(OC)cc3OCC(CC)CC)cc2C)c(C)c1. The summed E-state index contributed by atoms with van der Waals surface area (Å²) in [5.41, 5.74) is 15.1. The second-order valence-electron chi connectivity index (χ2n) is 38.1. The second-order valence-corrected chi connectivity index (χ2v) is 38.1. The Kier molecular flexibility index (Phi) is 40.2. The van der Waals surface area contributed by atoms with Gasteiger partial charge in [-0.1, -0.05) is 250 Å². The van der Waals surface area contributed by atoms with Gasteiger partial charge in [0.15, 0.2) is 0 Å². The van der Waals surface area contributed by atoms with Gasteiger partial charge >= 0.3 is 0 Å². The fraction of sp³-hybridized carbons (Fsp3) is 0.500. The molecule has 1 fully saturated rings. The molecular weight excluding hydrogens is 1730 g/mol. The highest BCUT2D eigenvalue weighted by atomic mass is 16.5. The molecule has 0 bridgehead atoms. The number of phenolic OH excluding ortho intramolecular Hbond substituents is 2. The molecule has 18 heteroatoms. The number of aryl methyl sites for hydroxylation is 4. The van der Waals surface area contributed by atoms with Gasteiger partial charge < -0.3 is 87.1 Å². The number of benzene rings is 10. The van der Waals surface area contributed by atoms with E-state index in [1.54, 1.807) is 52.7 Å². The van der Waals surface area contributed by atoms with E-state index in [9.17, 15) is 10.2 Å². The highest BCUT2D eigenvalue weighted by Gasteiger charge is 2.42. The van der Waals surface area contributed by atoms with Gasteiger partial charge in [0.2, 0.25) is 0 Å². The maximum Gasteiger partial charge on any atom is 0.134 e. The van der Waals surface area contributed by atoms with Gasteiger partial charge in [-0.25, -0.2) is 0 Å². The molecule has 1 aliphatic rings. The van der Waals surface area contributed by atoms with Crippen LogP contribution < -0.4 is 76.9 Å². The van der Waals surface area contributed by atoms with Crippen LogP contribution in [-0.4, -0.2) is 104 Å². The Morgan fingerprint density at radius 2 is 0.420 bits per heavy atom. The Labute approximate surface area is 826 Å². The molecule has 138 heavy (non-hydrogen) atoms. The van der Waals surface area contributed by atoms with Gasteiger partial charge in [0.05, 0.1) is 104 Å². The minimum Gasteiger partial charge on any atom is -0.851 e. The third-order valence-corrected chi connectivity index (χ3v) is 29.7. The van der Waals surface area contributed by atoms with E-state index in [1.807, 2.05) is 60.7 Å². The lowest BCUT2D eigenvalue weighted by Gasteiger charge is -2.61. The summed E-state index contributed by atoms with van der Waals surface area (Å²) >= 11 is 0. The van der Waals surface area contributed by atoms with Crippen LogP contribution in [-0.2, 0) is 0 Å². The van der Waals surface area contributed by atoms with Crippen molar-refractivity contribution in [1.82, 2.24) is 0 Å².